The van der Waals surface area contributed by atoms with Gasteiger partial charge in [0.1, 0.15) is 0 Å². The van der Waals surface area contributed by atoms with Crippen LogP contribution in [0.4, 0.5) is 0 Å². The third kappa shape index (κ3) is 4.28. The van der Waals surface area contributed by atoms with Gasteiger partial charge in [-0.3, -0.25) is 4.79 Å². The first-order valence-electron chi connectivity index (χ1n) is 6.66. The van der Waals surface area contributed by atoms with E-state index >= 15 is 0 Å². The maximum Gasteiger partial charge on any atom is 0.239 e. The highest BCUT2D eigenvalue weighted by Gasteiger charge is 2.25. The van der Waals surface area contributed by atoms with Crippen molar-refractivity contribution < 1.29 is 4.79 Å². The fraction of sp³-hybridized carbons (Fsp3) is 0.923. The van der Waals surface area contributed by atoms with Crippen molar-refractivity contribution in [1.29, 1.82) is 0 Å². The Bertz CT molecular complexity index is 245. The number of nitrogens with zero attached hydrogens (tertiary/aromatic N) is 2. The Morgan fingerprint density at radius 3 is 2.29 bits per heavy atom. The van der Waals surface area contributed by atoms with Gasteiger partial charge in [-0.1, -0.05) is 0 Å². The fourth-order valence-corrected chi connectivity index (χ4v) is 2.34. The molecule has 0 aromatic heterocycles. The third-order valence-electron chi connectivity index (χ3n) is 3.59. The van der Waals surface area contributed by atoms with E-state index < -0.39 is 0 Å². The van der Waals surface area contributed by atoms with Crippen molar-refractivity contribution in [3.63, 3.8) is 0 Å². The van der Waals surface area contributed by atoms with E-state index in [-0.39, 0.29) is 18.0 Å². The molecule has 0 unspecified atom stereocenters. The van der Waals surface area contributed by atoms with Gasteiger partial charge in [-0.05, 0) is 59.7 Å². The number of rotatable bonds is 4. The van der Waals surface area contributed by atoms with Crippen molar-refractivity contribution in [2.75, 3.05) is 26.7 Å². The van der Waals surface area contributed by atoms with Crippen molar-refractivity contribution >= 4 is 5.91 Å². The smallest absolute Gasteiger partial charge is 0.239 e. The number of hydrogen-bond acceptors (Lipinski definition) is 3. The molecule has 2 N–H and O–H groups in total. The average Bonchev–Trinajstić information content (AvgIpc) is 2.26. The molecule has 100 valence electrons. The van der Waals surface area contributed by atoms with Crippen LogP contribution in [-0.4, -0.2) is 54.5 Å². The zero-order valence-corrected chi connectivity index (χ0v) is 11.6. The van der Waals surface area contributed by atoms with Gasteiger partial charge in [0, 0.05) is 12.6 Å². The molecule has 0 radical (unpaired) electrons. The van der Waals surface area contributed by atoms with Gasteiger partial charge < -0.3 is 15.5 Å². The summed E-state index contributed by atoms with van der Waals surface area (Å²) in [4.78, 5) is 16.3. The van der Waals surface area contributed by atoms with Crippen molar-refractivity contribution in [1.82, 2.24) is 9.80 Å². The normalized spacial score (nSPS) is 20.6. The zero-order chi connectivity index (χ0) is 13.0. The highest BCUT2D eigenvalue weighted by Crippen LogP contribution is 2.18. The lowest BCUT2D eigenvalue weighted by Gasteiger charge is -2.35. The van der Waals surface area contributed by atoms with E-state index in [4.69, 9.17) is 5.73 Å². The zero-order valence-electron chi connectivity index (χ0n) is 11.6. The summed E-state index contributed by atoms with van der Waals surface area (Å²) in [7, 11) is 2.16. The van der Waals surface area contributed by atoms with Crippen LogP contribution in [0.25, 0.3) is 0 Å². The summed E-state index contributed by atoms with van der Waals surface area (Å²) in [6.07, 6.45) is 2.37. The molecule has 1 saturated heterocycles. The summed E-state index contributed by atoms with van der Waals surface area (Å²) < 4.78 is 0. The minimum absolute atomic E-state index is 0.0823. The molecule has 1 aliphatic heterocycles. The lowest BCUT2D eigenvalue weighted by molar-refractivity contribution is -0.134. The predicted octanol–water partition coefficient (Wildman–Crippen LogP) is 0.912. The molecule has 4 nitrogen and oxygen atoms in total. The van der Waals surface area contributed by atoms with Gasteiger partial charge in [0.2, 0.25) is 5.91 Å². The Morgan fingerprint density at radius 2 is 1.88 bits per heavy atom. The lowest BCUT2D eigenvalue weighted by atomic mass is 9.96. The van der Waals surface area contributed by atoms with Crippen LogP contribution in [0.15, 0.2) is 0 Å². The molecule has 1 heterocycles. The van der Waals surface area contributed by atoms with E-state index in [1.54, 1.807) is 6.92 Å². The second kappa shape index (κ2) is 6.36. The minimum atomic E-state index is -0.385. The van der Waals surface area contributed by atoms with Crippen LogP contribution >= 0.6 is 0 Å². The van der Waals surface area contributed by atoms with Gasteiger partial charge in [0.15, 0.2) is 0 Å². The maximum absolute atomic E-state index is 12.0. The second-order valence-electron chi connectivity index (χ2n) is 5.62. The molecule has 1 amide bonds. The number of carbonyl (C=O) groups excluding carboxylic acids is 1. The molecule has 1 atom stereocenters. The quantitative estimate of drug-likeness (QED) is 0.796. The Kier molecular flexibility index (Phi) is 5.40. The SMILES string of the molecule is CC(C)N(CC1CCN(C)CC1)C(=O)[C@H](C)N. The van der Waals surface area contributed by atoms with Crippen molar-refractivity contribution in [2.45, 2.75) is 45.7 Å². The van der Waals surface area contributed by atoms with E-state index in [0.717, 1.165) is 19.6 Å². The molecule has 0 aliphatic carbocycles. The van der Waals surface area contributed by atoms with Crippen LogP contribution in [0.5, 0.6) is 0 Å². The highest BCUT2D eigenvalue weighted by atomic mass is 16.2. The molecular weight excluding hydrogens is 214 g/mol. The second-order valence-corrected chi connectivity index (χ2v) is 5.62. The molecule has 0 aromatic rings. The maximum atomic E-state index is 12.0. The Morgan fingerprint density at radius 1 is 1.35 bits per heavy atom. The molecule has 0 aromatic carbocycles. The van der Waals surface area contributed by atoms with Crippen LogP contribution < -0.4 is 5.73 Å². The topological polar surface area (TPSA) is 49.6 Å². The molecule has 0 saturated carbocycles. The van der Waals surface area contributed by atoms with E-state index in [0.29, 0.717) is 5.92 Å². The average molecular weight is 241 g/mol. The lowest BCUT2D eigenvalue weighted by Crippen LogP contribution is -2.48. The molecule has 1 fully saturated rings. The summed E-state index contributed by atoms with van der Waals surface area (Å²) in [5.74, 6) is 0.718. The van der Waals surface area contributed by atoms with Crippen LogP contribution in [0, 0.1) is 5.92 Å². The number of amides is 1. The summed E-state index contributed by atoms with van der Waals surface area (Å²) >= 11 is 0. The molecular formula is C13H27N3O. The summed E-state index contributed by atoms with van der Waals surface area (Å²) in [6.45, 7) is 9.05. The van der Waals surface area contributed by atoms with Crippen molar-refractivity contribution in [2.24, 2.45) is 11.7 Å². The Labute approximate surface area is 105 Å². The molecule has 1 aliphatic rings. The van der Waals surface area contributed by atoms with Gasteiger partial charge in [-0.25, -0.2) is 0 Å². The Balaban J connectivity index is 2.52. The molecule has 17 heavy (non-hydrogen) atoms. The summed E-state index contributed by atoms with van der Waals surface area (Å²) in [5.41, 5.74) is 5.70. The van der Waals surface area contributed by atoms with E-state index in [1.807, 2.05) is 4.90 Å². The number of likely N-dealkylation sites (tertiary alicyclic amines) is 1. The van der Waals surface area contributed by atoms with Gasteiger partial charge in [0.05, 0.1) is 6.04 Å². The van der Waals surface area contributed by atoms with Crippen molar-refractivity contribution in [3.05, 3.63) is 0 Å². The van der Waals surface area contributed by atoms with Gasteiger partial charge >= 0.3 is 0 Å². The number of hydrogen-bond donors (Lipinski definition) is 1. The Hall–Kier alpha value is -0.610. The first-order chi connectivity index (χ1) is 7.91. The van der Waals surface area contributed by atoms with Crippen LogP contribution in [0.1, 0.15) is 33.6 Å². The number of nitrogens with two attached hydrogens (primary N) is 1. The number of carbonyl (C=O) groups is 1. The van der Waals surface area contributed by atoms with Gasteiger partial charge in [-0.2, -0.15) is 0 Å². The largest absolute Gasteiger partial charge is 0.339 e. The van der Waals surface area contributed by atoms with E-state index in [2.05, 4.69) is 25.8 Å². The summed E-state index contributed by atoms with van der Waals surface area (Å²) in [5, 5.41) is 0. The standard InChI is InChI=1S/C13H27N3O/c1-10(2)16(13(17)11(3)14)9-12-5-7-15(4)8-6-12/h10-12H,5-9,14H2,1-4H3/t11-/m0/s1. The molecule has 1 rings (SSSR count). The highest BCUT2D eigenvalue weighted by molar-refractivity contribution is 5.81. The third-order valence-corrected chi connectivity index (χ3v) is 3.59. The minimum Gasteiger partial charge on any atom is -0.339 e. The molecule has 0 bridgehead atoms. The van der Waals surface area contributed by atoms with E-state index in [9.17, 15) is 4.79 Å². The monoisotopic (exact) mass is 241 g/mol. The predicted molar refractivity (Wildman–Crippen MR) is 70.7 cm³/mol. The first-order valence-corrected chi connectivity index (χ1v) is 6.66. The van der Waals surface area contributed by atoms with Crippen LogP contribution in [0.3, 0.4) is 0 Å². The van der Waals surface area contributed by atoms with E-state index in [1.165, 1.54) is 12.8 Å². The molecule has 0 spiro atoms. The molecule has 4 heteroatoms. The van der Waals surface area contributed by atoms with Crippen molar-refractivity contribution in [3.8, 4) is 0 Å². The fourth-order valence-electron chi connectivity index (χ4n) is 2.34. The number of piperidine rings is 1. The van der Waals surface area contributed by atoms with Crippen LogP contribution in [-0.2, 0) is 4.79 Å². The summed E-state index contributed by atoms with van der Waals surface area (Å²) in [6, 6.07) is -0.142. The first kappa shape index (κ1) is 14.5. The van der Waals surface area contributed by atoms with Crippen LogP contribution in [0.2, 0.25) is 0 Å². The van der Waals surface area contributed by atoms with Gasteiger partial charge in [-0.15, -0.1) is 0 Å². The van der Waals surface area contributed by atoms with Gasteiger partial charge in [0.25, 0.3) is 0 Å².